The number of benzene rings is 1. The second kappa shape index (κ2) is 8.26. The van der Waals surface area contributed by atoms with E-state index in [0.717, 1.165) is 12.1 Å². The summed E-state index contributed by atoms with van der Waals surface area (Å²) in [7, 11) is 0. The van der Waals surface area contributed by atoms with Crippen LogP contribution in [0.2, 0.25) is 0 Å². The quantitative estimate of drug-likeness (QED) is 0.765. The summed E-state index contributed by atoms with van der Waals surface area (Å²) >= 11 is 0. The Morgan fingerprint density at radius 1 is 1.00 bits per heavy atom. The summed E-state index contributed by atoms with van der Waals surface area (Å²) in [6, 6.07) is 7.11. The van der Waals surface area contributed by atoms with Crippen molar-refractivity contribution in [3.8, 4) is 0 Å². The van der Waals surface area contributed by atoms with Crippen LogP contribution in [0.4, 0.5) is 17.3 Å². The molecule has 27 heavy (non-hydrogen) atoms. The van der Waals surface area contributed by atoms with Crippen molar-refractivity contribution in [1.82, 2.24) is 19.8 Å². The van der Waals surface area contributed by atoms with E-state index < -0.39 is 0 Å². The molecule has 0 atom stereocenters. The van der Waals surface area contributed by atoms with E-state index in [0.29, 0.717) is 43.4 Å². The molecule has 1 saturated heterocycles. The zero-order valence-electron chi connectivity index (χ0n) is 14.9. The van der Waals surface area contributed by atoms with Crippen LogP contribution in [0.3, 0.4) is 0 Å². The molecule has 2 heterocycles. The Hall–Kier alpha value is -3.49. The highest BCUT2D eigenvalue weighted by Gasteiger charge is 2.21. The van der Waals surface area contributed by atoms with Crippen molar-refractivity contribution in [3.63, 3.8) is 0 Å². The molecule has 0 spiro atoms. The number of piperazine rings is 1. The number of carbonyl (C=O) groups is 3. The second-order valence-electron chi connectivity index (χ2n) is 6.11. The zero-order chi connectivity index (χ0) is 19.2. The second-order valence-corrected chi connectivity index (χ2v) is 6.11. The number of hydrogen-bond acceptors (Lipinski definition) is 6. The first-order valence-corrected chi connectivity index (χ1v) is 8.50. The van der Waals surface area contributed by atoms with E-state index in [1.54, 1.807) is 34.1 Å². The van der Waals surface area contributed by atoms with Gasteiger partial charge in [0, 0.05) is 56.9 Å². The molecule has 9 nitrogen and oxygen atoms in total. The van der Waals surface area contributed by atoms with Gasteiger partial charge in [-0.25, -0.2) is 9.97 Å². The molecule has 140 valence electrons. The highest BCUT2D eigenvalue weighted by Crippen LogP contribution is 2.17. The summed E-state index contributed by atoms with van der Waals surface area (Å²) < 4.78 is 0. The van der Waals surface area contributed by atoms with Crippen LogP contribution in [-0.2, 0) is 9.59 Å². The molecule has 0 unspecified atom stereocenters. The van der Waals surface area contributed by atoms with Crippen LogP contribution < -0.4 is 10.6 Å². The third kappa shape index (κ3) is 4.78. The fourth-order valence-corrected chi connectivity index (χ4v) is 2.69. The van der Waals surface area contributed by atoms with Crippen molar-refractivity contribution in [2.24, 2.45) is 0 Å². The molecule has 1 aliphatic heterocycles. The summed E-state index contributed by atoms with van der Waals surface area (Å²) in [5, 5.41) is 5.73. The van der Waals surface area contributed by atoms with Gasteiger partial charge < -0.3 is 20.4 Å². The van der Waals surface area contributed by atoms with Gasteiger partial charge in [-0.3, -0.25) is 14.4 Å². The summed E-state index contributed by atoms with van der Waals surface area (Å²) in [6.45, 7) is 3.51. The van der Waals surface area contributed by atoms with Crippen molar-refractivity contribution >= 4 is 35.5 Å². The van der Waals surface area contributed by atoms with E-state index in [2.05, 4.69) is 20.6 Å². The van der Waals surface area contributed by atoms with Crippen molar-refractivity contribution in [3.05, 3.63) is 42.2 Å². The number of anilines is 3. The van der Waals surface area contributed by atoms with Gasteiger partial charge in [-0.15, -0.1) is 0 Å². The lowest BCUT2D eigenvalue weighted by atomic mass is 10.2. The lowest BCUT2D eigenvalue weighted by Gasteiger charge is -2.32. The number of rotatable bonds is 5. The maximum absolute atomic E-state index is 12.5. The van der Waals surface area contributed by atoms with E-state index in [-0.39, 0.29) is 11.8 Å². The Morgan fingerprint density at radius 2 is 1.59 bits per heavy atom. The zero-order valence-corrected chi connectivity index (χ0v) is 14.9. The van der Waals surface area contributed by atoms with Crippen molar-refractivity contribution in [1.29, 1.82) is 0 Å². The summed E-state index contributed by atoms with van der Waals surface area (Å²) in [4.78, 5) is 45.9. The van der Waals surface area contributed by atoms with Gasteiger partial charge in [0.1, 0.15) is 0 Å². The summed E-state index contributed by atoms with van der Waals surface area (Å²) in [5.41, 5.74) is 1.86. The topological polar surface area (TPSA) is 108 Å². The minimum absolute atomic E-state index is 0.133. The largest absolute Gasteiger partial charge is 0.342 e. The van der Waals surface area contributed by atoms with Gasteiger partial charge >= 0.3 is 0 Å². The normalized spacial score (nSPS) is 13.8. The van der Waals surface area contributed by atoms with Crippen molar-refractivity contribution < 1.29 is 14.4 Å². The fourth-order valence-electron chi connectivity index (χ4n) is 2.69. The molecule has 1 fully saturated rings. The molecule has 2 N–H and O–H groups in total. The Balaban J connectivity index is 1.59. The molecule has 0 radical (unpaired) electrons. The Labute approximate surface area is 156 Å². The van der Waals surface area contributed by atoms with Crippen LogP contribution in [0.25, 0.3) is 0 Å². The summed E-state index contributed by atoms with van der Waals surface area (Å²) in [5.74, 6) is 0.0863. The first kappa shape index (κ1) is 18.3. The first-order valence-electron chi connectivity index (χ1n) is 8.50. The van der Waals surface area contributed by atoms with Gasteiger partial charge in [0.25, 0.3) is 5.91 Å². The number of hydrogen-bond donors (Lipinski definition) is 2. The highest BCUT2D eigenvalue weighted by molar-refractivity contribution is 5.94. The summed E-state index contributed by atoms with van der Waals surface area (Å²) in [6.07, 6.45) is 3.76. The molecule has 0 bridgehead atoms. The molecule has 9 heteroatoms. The number of amides is 3. The molecule has 0 aliphatic carbocycles. The van der Waals surface area contributed by atoms with E-state index >= 15 is 0 Å². The minimum atomic E-state index is -0.147. The lowest BCUT2D eigenvalue weighted by Crippen LogP contribution is -2.48. The molecule has 1 aliphatic rings. The van der Waals surface area contributed by atoms with E-state index in [4.69, 9.17) is 0 Å². The Morgan fingerprint density at radius 3 is 2.15 bits per heavy atom. The monoisotopic (exact) mass is 368 g/mol. The highest BCUT2D eigenvalue weighted by atomic mass is 16.2. The van der Waals surface area contributed by atoms with Gasteiger partial charge in [0.05, 0.1) is 5.56 Å². The van der Waals surface area contributed by atoms with Crippen LogP contribution in [0, 0.1) is 0 Å². The van der Waals surface area contributed by atoms with Crippen LogP contribution in [0.1, 0.15) is 17.3 Å². The predicted molar refractivity (Wildman–Crippen MR) is 99.6 cm³/mol. The molecular weight excluding hydrogens is 348 g/mol. The van der Waals surface area contributed by atoms with Gasteiger partial charge in [-0.2, -0.15) is 0 Å². The van der Waals surface area contributed by atoms with E-state index in [1.165, 1.54) is 19.3 Å². The van der Waals surface area contributed by atoms with Gasteiger partial charge in [0.15, 0.2) is 0 Å². The van der Waals surface area contributed by atoms with Crippen molar-refractivity contribution in [2.75, 3.05) is 36.8 Å². The third-order valence-corrected chi connectivity index (χ3v) is 4.11. The molecule has 1 aromatic heterocycles. The number of nitrogens with zero attached hydrogens (tertiary/aromatic N) is 4. The molecule has 3 rings (SSSR count). The molecule has 2 aromatic rings. The molecular formula is C18H20N6O3. The third-order valence-electron chi connectivity index (χ3n) is 4.11. The maximum atomic E-state index is 12.5. The van der Waals surface area contributed by atoms with Crippen molar-refractivity contribution in [2.45, 2.75) is 6.92 Å². The van der Waals surface area contributed by atoms with Gasteiger partial charge in [-0.1, -0.05) is 0 Å². The Bertz CT molecular complexity index is 814. The van der Waals surface area contributed by atoms with Crippen LogP contribution in [0.5, 0.6) is 0 Å². The molecule has 0 saturated carbocycles. The van der Waals surface area contributed by atoms with Crippen LogP contribution >= 0.6 is 0 Å². The molecule has 1 aromatic carbocycles. The Kier molecular flexibility index (Phi) is 5.60. The first-order chi connectivity index (χ1) is 13.0. The number of carbonyl (C=O) groups excluding carboxylic acids is 3. The number of aromatic nitrogens is 2. The van der Waals surface area contributed by atoms with Crippen LogP contribution in [0.15, 0.2) is 36.7 Å². The lowest BCUT2D eigenvalue weighted by molar-refractivity contribution is -0.119. The molecule has 3 amide bonds. The average Bonchev–Trinajstić information content (AvgIpc) is 2.69. The van der Waals surface area contributed by atoms with Gasteiger partial charge in [-0.05, 0) is 24.3 Å². The van der Waals surface area contributed by atoms with E-state index in [9.17, 15) is 14.4 Å². The van der Waals surface area contributed by atoms with Gasteiger partial charge in [0.2, 0.25) is 18.3 Å². The maximum Gasteiger partial charge on any atom is 0.257 e. The average molecular weight is 368 g/mol. The SMILES string of the molecule is CC(=O)Nc1ccc(Nc2ncc(C(=O)N3CCN(C=O)CC3)cn2)cc1. The van der Waals surface area contributed by atoms with E-state index in [1.807, 2.05) is 0 Å². The van der Waals surface area contributed by atoms with Crippen LogP contribution in [-0.4, -0.2) is 64.2 Å². The smallest absolute Gasteiger partial charge is 0.257 e. The number of nitrogens with one attached hydrogen (secondary N) is 2. The minimum Gasteiger partial charge on any atom is -0.342 e. The predicted octanol–water partition coefficient (Wildman–Crippen LogP) is 1.09. The standard InChI is InChI=1S/C18H20N6O3/c1-13(26)21-15-2-4-16(5-3-15)22-18-19-10-14(11-20-18)17(27)24-8-6-23(12-25)7-9-24/h2-5,10-12H,6-9H2,1H3,(H,21,26)(H,19,20,22). The fraction of sp³-hybridized carbons (Fsp3) is 0.278.